The van der Waals surface area contributed by atoms with E-state index in [0.29, 0.717) is 13.1 Å². The van der Waals surface area contributed by atoms with E-state index >= 15 is 0 Å². The van der Waals surface area contributed by atoms with Crippen LogP contribution in [0.1, 0.15) is 42.9 Å². The number of benzene rings is 2. The maximum Gasteiger partial charge on any atom is 0.229 e. The molecule has 2 heterocycles. The van der Waals surface area contributed by atoms with Crippen LogP contribution in [-0.4, -0.2) is 23.4 Å². The fourth-order valence-corrected chi connectivity index (χ4v) is 5.11. The standard InChI is InChI=1S/C24H25N3OS/c1-3-17-5-9-19(10-6-17)21-13-23(28)27-15-26(16-29-24(27)22(21)14-25)20-11-7-18(4-2)8-12-20/h5-12,21H,3-4,13,15-16H2,1-2H3/t21-/m1/s1. The van der Waals surface area contributed by atoms with Crippen molar-refractivity contribution >= 4 is 23.4 Å². The molecule has 1 atom stereocenters. The van der Waals surface area contributed by atoms with Gasteiger partial charge in [-0.1, -0.05) is 62.0 Å². The molecule has 0 unspecified atom stereocenters. The summed E-state index contributed by atoms with van der Waals surface area (Å²) in [5.74, 6) is 0.676. The van der Waals surface area contributed by atoms with Crippen molar-refractivity contribution in [3.05, 3.63) is 75.8 Å². The van der Waals surface area contributed by atoms with Gasteiger partial charge in [0.05, 0.1) is 29.2 Å². The van der Waals surface area contributed by atoms with Gasteiger partial charge in [-0.2, -0.15) is 5.26 Å². The molecule has 148 valence electrons. The first-order valence-electron chi connectivity index (χ1n) is 10.1. The molecule has 0 spiro atoms. The highest BCUT2D eigenvalue weighted by molar-refractivity contribution is 8.03. The highest BCUT2D eigenvalue weighted by Gasteiger charge is 2.38. The SMILES string of the molecule is CCc1ccc([C@H]2CC(=O)N3CN(c4ccc(CC)cc4)CSC3=C2C#N)cc1. The molecule has 0 bridgehead atoms. The number of carbonyl (C=O) groups is 1. The van der Waals surface area contributed by atoms with Crippen LogP contribution in [0.3, 0.4) is 0 Å². The van der Waals surface area contributed by atoms with E-state index < -0.39 is 0 Å². The van der Waals surface area contributed by atoms with Gasteiger partial charge >= 0.3 is 0 Å². The summed E-state index contributed by atoms with van der Waals surface area (Å²) in [6, 6.07) is 19.3. The molecule has 2 aliphatic heterocycles. The number of amides is 1. The summed E-state index contributed by atoms with van der Waals surface area (Å²) in [6.45, 7) is 4.77. The van der Waals surface area contributed by atoms with Crippen molar-refractivity contribution in [1.82, 2.24) is 4.90 Å². The van der Waals surface area contributed by atoms with Crippen LogP contribution in [0.2, 0.25) is 0 Å². The predicted molar refractivity (Wildman–Crippen MR) is 118 cm³/mol. The van der Waals surface area contributed by atoms with Crippen molar-refractivity contribution in [2.45, 2.75) is 39.0 Å². The summed E-state index contributed by atoms with van der Waals surface area (Å²) in [6.07, 6.45) is 2.34. The number of thioether (sulfide) groups is 1. The normalized spacial score (nSPS) is 19.2. The minimum Gasteiger partial charge on any atom is -0.344 e. The number of aryl methyl sites for hydroxylation is 2. The molecule has 0 radical (unpaired) electrons. The second-order valence-electron chi connectivity index (χ2n) is 7.48. The lowest BCUT2D eigenvalue weighted by Gasteiger charge is -2.42. The number of allylic oxidation sites excluding steroid dienone is 1. The lowest BCUT2D eigenvalue weighted by molar-refractivity contribution is -0.129. The van der Waals surface area contributed by atoms with Crippen LogP contribution >= 0.6 is 11.8 Å². The Balaban J connectivity index is 1.61. The van der Waals surface area contributed by atoms with Crippen molar-refractivity contribution in [2.75, 3.05) is 17.4 Å². The highest BCUT2D eigenvalue weighted by Crippen LogP contribution is 2.43. The number of carbonyl (C=O) groups excluding carboxylic acids is 1. The molecule has 29 heavy (non-hydrogen) atoms. The second-order valence-corrected chi connectivity index (χ2v) is 8.41. The summed E-state index contributed by atoms with van der Waals surface area (Å²) in [5, 5.41) is 10.7. The van der Waals surface area contributed by atoms with Gasteiger partial charge in [-0.05, 0) is 41.7 Å². The van der Waals surface area contributed by atoms with E-state index in [1.54, 1.807) is 16.7 Å². The Morgan fingerprint density at radius 2 is 1.66 bits per heavy atom. The second kappa shape index (κ2) is 8.34. The smallest absolute Gasteiger partial charge is 0.229 e. The number of hydrogen-bond acceptors (Lipinski definition) is 4. The van der Waals surface area contributed by atoms with Crippen LogP contribution < -0.4 is 4.90 Å². The number of nitriles is 1. The van der Waals surface area contributed by atoms with Crippen LogP contribution in [0.5, 0.6) is 0 Å². The monoisotopic (exact) mass is 403 g/mol. The maximum atomic E-state index is 13.0. The zero-order valence-corrected chi connectivity index (χ0v) is 17.7. The van der Waals surface area contributed by atoms with Gasteiger partial charge < -0.3 is 4.90 Å². The third kappa shape index (κ3) is 3.77. The summed E-state index contributed by atoms with van der Waals surface area (Å²) >= 11 is 1.59. The van der Waals surface area contributed by atoms with Crippen LogP contribution in [0.4, 0.5) is 5.69 Å². The number of nitrogens with zero attached hydrogens (tertiary/aromatic N) is 3. The van der Waals surface area contributed by atoms with Gasteiger partial charge in [-0.3, -0.25) is 9.69 Å². The number of anilines is 1. The van der Waals surface area contributed by atoms with E-state index in [2.05, 4.69) is 73.3 Å². The molecule has 0 aliphatic carbocycles. The fourth-order valence-electron chi connectivity index (χ4n) is 3.94. The Bertz CT molecular complexity index is 973. The number of rotatable bonds is 4. The van der Waals surface area contributed by atoms with Crippen molar-refractivity contribution in [3.8, 4) is 6.07 Å². The van der Waals surface area contributed by atoms with E-state index in [0.717, 1.165) is 40.6 Å². The van der Waals surface area contributed by atoms with Gasteiger partial charge in [-0.15, -0.1) is 0 Å². The van der Waals surface area contributed by atoms with E-state index in [-0.39, 0.29) is 11.8 Å². The zero-order chi connectivity index (χ0) is 20.4. The zero-order valence-electron chi connectivity index (χ0n) is 16.9. The average molecular weight is 404 g/mol. The highest BCUT2D eigenvalue weighted by atomic mass is 32.2. The predicted octanol–water partition coefficient (Wildman–Crippen LogP) is 5.03. The molecule has 0 N–H and O–H groups in total. The first-order chi connectivity index (χ1) is 14.1. The molecule has 2 aromatic rings. The Morgan fingerprint density at radius 3 is 2.24 bits per heavy atom. The van der Waals surface area contributed by atoms with Crippen molar-refractivity contribution in [1.29, 1.82) is 5.26 Å². The molecule has 5 heteroatoms. The number of hydrogen-bond donors (Lipinski definition) is 0. The molecule has 1 fully saturated rings. The quantitative estimate of drug-likeness (QED) is 0.718. The molecule has 1 amide bonds. The first-order valence-corrected chi connectivity index (χ1v) is 11.1. The Kier molecular flexibility index (Phi) is 5.64. The van der Waals surface area contributed by atoms with Gasteiger partial charge in [0.2, 0.25) is 5.91 Å². The Labute approximate surface area is 176 Å². The fraction of sp³-hybridized carbons (Fsp3) is 0.333. The van der Waals surface area contributed by atoms with Gasteiger partial charge in [-0.25, -0.2) is 0 Å². The average Bonchev–Trinajstić information content (AvgIpc) is 2.79. The van der Waals surface area contributed by atoms with Crippen LogP contribution in [0.15, 0.2) is 59.1 Å². The molecular formula is C24H25N3OS. The lowest BCUT2D eigenvalue weighted by Crippen LogP contribution is -2.47. The Morgan fingerprint density at radius 1 is 1.03 bits per heavy atom. The molecular weight excluding hydrogens is 378 g/mol. The summed E-state index contributed by atoms with van der Waals surface area (Å²) in [7, 11) is 0. The summed E-state index contributed by atoms with van der Waals surface area (Å²) in [4.78, 5) is 17.0. The summed E-state index contributed by atoms with van der Waals surface area (Å²) < 4.78 is 0. The van der Waals surface area contributed by atoms with Crippen molar-refractivity contribution in [3.63, 3.8) is 0 Å². The van der Waals surface area contributed by atoms with Gasteiger partial charge in [0.15, 0.2) is 0 Å². The third-order valence-electron chi connectivity index (χ3n) is 5.79. The lowest BCUT2D eigenvalue weighted by atomic mass is 9.86. The molecule has 0 saturated carbocycles. The topological polar surface area (TPSA) is 47.3 Å². The summed E-state index contributed by atoms with van der Waals surface area (Å²) in [5.41, 5.74) is 5.45. The first kappa shape index (κ1) is 19.6. The Hall–Kier alpha value is -2.71. The van der Waals surface area contributed by atoms with Crippen molar-refractivity contribution in [2.24, 2.45) is 0 Å². The maximum absolute atomic E-state index is 13.0. The van der Waals surface area contributed by atoms with Gasteiger partial charge in [0, 0.05) is 18.0 Å². The van der Waals surface area contributed by atoms with E-state index in [9.17, 15) is 10.1 Å². The largest absolute Gasteiger partial charge is 0.344 e. The third-order valence-corrected chi connectivity index (χ3v) is 6.95. The van der Waals surface area contributed by atoms with Gasteiger partial charge in [0.25, 0.3) is 0 Å². The van der Waals surface area contributed by atoms with Crippen molar-refractivity contribution < 1.29 is 4.79 Å². The molecule has 0 aromatic heterocycles. The molecule has 2 aliphatic rings. The van der Waals surface area contributed by atoms with Gasteiger partial charge in [0.1, 0.15) is 0 Å². The van der Waals surface area contributed by atoms with Crippen LogP contribution in [0, 0.1) is 11.3 Å². The number of fused-ring (bicyclic) bond motifs is 1. The minimum atomic E-state index is -0.146. The molecule has 2 aromatic carbocycles. The molecule has 4 rings (SSSR count). The van der Waals surface area contributed by atoms with E-state index in [1.807, 2.05) is 0 Å². The minimum absolute atomic E-state index is 0.0888. The van der Waals surface area contributed by atoms with Crippen LogP contribution in [0.25, 0.3) is 0 Å². The van der Waals surface area contributed by atoms with E-state index in [1.165, 1.54) is 11.1 Å². The van der Waals surface area contributed by atoms with E-state index in [4.69, 9.17) is 0 Å². The molecule has 4 nitrogen and oxygen atoms in total. The molecule has 1 saturated heterocycles. The van der Waals surface area contributed by atoms with Crippen LogP contribution in [-0.2, 0) is 17.6 Å².